The van der Waals surface area contributed by atoms with Crippen molar-refractivity contribution in [1.29, 1.82) is 0 Å². The molecule has 0 saturated heterocycles. The molecule has 28 heavy (non-hydrogen) atoms. The minimum absolute atomic E-state index is 0.0832. The molecule has 2 N–H and O–H groups in total. The molecular weight excluding hydrogens is 360 g/mol. The van der Waals surface area contributed by atoms with Gasteiger partial charge in [-0.2, -0.15) is 0 Å². The smallest absolute Gasteiger partial charge is 0.286 e. The summed E-state index contributed by atoms with van der Waals surface area (Å²) in [5.74, 6) is 0.653. The van der Waals surface area contributed by atoms with Gasteiger partial charge in [-0.1, -0.05) is 12.1 Å². The number of aromatic nitrogens is 2. The molecule has 0 aliphatic rings. The zero-order chi connectivity index (χ0) is 19.8. The second kappa shape index (κ2) is 9.70. The Morgan fingerprint density at radius 1 is 1.14 bits per heavy atom. The summed E-state index contributed by atoms with van der Waals surface area (Å²) in [4.78, 5) is 28.9. The van der Waals surface area contributed by atoms with Crippen LogP contribution in [0.1, 0.15) is 22.8 Å². The predicted molar refractivity (Wildman–Crippen MR) is 104 cm³/mol. The van der Waals surface area contributed by atoms with Crippen LogP contribution in [0.4, 0.5) is 0 Å². The first-order valence-electron chi connectivity index (χ1n) is 9.20. The summed E-state index contributed by atoms with van der Waals surface area (Å²) in [7, 11) is 1.64. The number of hydrogen-bond donors (Lipinski definition) is 2. The second-order valence-electron chi connectivity index (χ2n) is 6.28. The zero-order valence-corrected chi connectivity index (χ0v) is 15.8. The number of nitrogens with one attached hydrogen (secondary N) is 2. The molecule has 8 nitrogen and oxygen atoms in total. The maximum absolute atomic E-state index is 12.3. The van der Waals surface area contributed by atoms with Crippen LogP contribution in [0.2, 0.25) is 0 Å². The van der Waals surface area contributed by atoms with E-state index in [-0.39, 0.29) is 24.1 Å². The van der Waals surface area contributed by atoms with Crippen LogP contribution in [0.3, 0.4) is 0 Å². The summed E-state index contributed by atoms with van der Waals surface area (Å²) < 4.78 is 12.0. The number of nitrogens with zero attached hydrogens (tertiary/aromatic N) is 2. The number of para-hydroxylation sites is 2. The molecule has 0 unspecified atom stereocenters. The number of methoxy groups -OCH3 is 1. The molecule has 3 rings (SSSR count). The monoisotopic (exact) mass is 384 g/mol. The van der Waals surface area contributed by atoms with E-state index >= 15 is 0 Å². The number of fused-ring (bicyclic) bond motifs is 1. The number of hydrogen-bond acceptors (Lipinski definition) is 5. The van der Waals surface area contributed by atoms with E-state index in [0.29, 0.717) is 26.1 Å². The number of rotatable bonds is 10. The number of carbonyl (C=O) groups is 2. The summed E-state index contributed by atoms with van der Waals surface area (Å²) >= 11 is 0. The van der Waals surface area contributed by atoms with Gasteiger partial charge in [-0.25, -0.2) is 4.98 Å². The summed E-state index contributed by atoms with van der Waals surface area (Å²) in [5, 5.41) is 5.70. The average Bonchev–Trinajstić information content (AvgIpc) is 3.34. The number of benzene rings is 1. The molecule has 148 valence electrons. The molecular formula is C20H24N4O4. The molecule has 8 heteroatoms. The Hall–Kier alpha value is -3.13. The maximum atomic E-state index is 12.3. The largest absolute Gasteiger partial charge is 0.459 e. The fourth-order valence-corrected chi connectivity index (χ4v) is 2.92. The van der Waals surface area contributed by atoms with Crippen LogP contribution in [0.25, 0.3) is 11.0 Å². The van der Waals surface area contributed by atoms with Gasteiger partial charge in [-0.05, 0) is 30.7 Å². The van der Waals surface area contributed by atoms with Gasteiger partial charge in [-0.3, -0.25) is 9.59 Å². The maximum Gasteiger partial charge on any atom is 0.286 e. The summed E-state index contributed by atoms with van der Waals surface area (Å²) in [6.45, 7) is 1.73. The molecule has 2 aromatic heterocycles. The number of amides is 2. The lowest BCUT2D eigenvalue weighted by Crippen LogP contribution is -2.30. The zero-order valence-electron chi connectivity index (χ0n) is 15.8. The Bertz CT molecular complexity index is 918. The minimum Gasteiger partial charge on any atom is -0.459 e. The normalized spacial score (nSPS) is 10.9. The Morgan fingerprint density at radius 2 is 2.00 bits per heavy atom. The fraction of sp³-hybridized carbons (Fsp3) is 0.350. The molecule has 0 fully saturated rings. The van der Waals surface area contributed by atoms with E-state index in [1.807, 2.05) is 28.8 Å². The van der Waals surface area contributed by atoms with E-state index < -0.39 is 0 Å². The van der Waals surface area contributed by atoms with Crippen LogP contribution in [0.15, 0.2) is 47.1 Å². The van der Waals surface area contributed by atoms with Gasteiger partial charge in [0.15, 0.2) is 5.76 Å². The standard InChI is InChI=1S/C20H24N4O4/c1-27-12-5-10-21-19(25)14-24-16-7-3-2-6-15(16)23-18(24)9-11-22-20(26)17-8-4-13-28-17/h2-4,6-8,13H,5,9-12,14H2,1H3,(H,21,25)(H,22,26). The van der Waals surface area contributed by atoms with Crippen molar-refractivity contribution in [1.82, 2.24) is 20.2 Å². The Balaban J connectivity index is 1.65. The van der Waals surface area contributed by atoms with Crippen molar-refractivity contribution < 1.29 is 18.7 Å². The van der Waals surface area contributed by atoms with E-state index in [4.69, 9.17) is 9.15 Å². The van der Waals surface area contributed by atoms with Gasteiger partial charge in [0.25, 0.3) is 5.91 Å². The van der Waals surface area contributed by atoms with Gasteiger partial charge < -0.3 is 24.4 Å². The first kappa shape index (κ1) is 19.6. The lowest BCUT2D eigenvalue weighted by molar-refractivity contribution is -0.121. The molecule has 0 spiro atoms. The average molecular weight is 384 g/mol. The van der Waals surface area contributed by atoms with Crippen molar-refractivity contribution in [2.75, 3.05) is 26.8 Å². The highest BCUT2D eigenvalue weighted by Crippen LogP contribution is 2.16. The molecule has 0 radical (unpaired) electrons. The van der Waals surface area contributed by atoms with Gasteiger partial charge in [-0.15, -0.1) is 0 Å². The van der Waals surface area contributed by atoms with Gasteiger partial charge in [0.05, 0.1) is 17.3 Å². The van der Waals surface area contributed by atoms with E-state index in [1.54, 1.807) is 19.2 Å². The number of furan rings is 1. The van der Waals surface area contributed by atoms with Gasteiger partial charge in [0.2, 0.25) is 5.91 Å². The quantitative estimate of drug-likeness (QED) is 0.519. The number of imidazole rings is 1. The van der Waals surface area contributed by atoms with Crippen molar-refractivity contribution in [2.24, 2.45) is 0 Å². The van der Waals surface area contributed by atoms with Crippen molar-refractivity contribution in [3.8, 4) is 0 Å². The van der Waals surface area contributed by atoms with Crippen LogP contribution >= 0.6 is 0 Å². The highest BCUT2D eigenvalue weighted by atomic mass is 16.5. The SMILES string of the molecule is COCCCNC(=O)Cn1c(CCNC(=O)c2ccco2)nc2ccccc21. The Morgan fingerprint density at radius 3 is 2.79 bits per heavy atom. The first-order chi connectivity index (χ1) is 13.7. The van der Waals surface area contributed by atoms with Crippen LogP contribution in [0, 0.1) is 0 Å². The third kappa shape index (κ3) is 4.98. The third-order valence-corrected chi connectivity index (χ3v) is 4.26. The van der Waals surface area contributed by atoms with Gasteiger partial charge in [0, 0.05) is 33.2 Å². The summed E-state index contributed by atoms with van der Waals surface area (Å²) in [5.41, 5.74) is 1.71. The van der Waals surface area contributed by atoms with E-state index in [2.05, 4.69) is 15.6 Å². The van der Waals surface area contributed by atoms with Crippen molar-refractivity contribution in [2.45, 2.75) is 19.4 Å². The molecule has 0 atom stereocenters. The minimum atomic E-state index is -0.274. The molecule has 1 aromatic carbocycles. The molecule has 0 aliphatic carbocycles. The van der Waals surface area contributed by atoms with Gasteiger partial charge >= 0.3 is 0 Å². The lowest BCUT2D eigenvalue weighted by atomic mass is 10.3. The van der Waals surface area contributed by atoms with Crippen molar-refractivity contribution in [3.63, 3.8) is 0 Å². The molecule has 0 bridgehead atoms. The van der Waals surface area contributed by atoms with E-state index in [0.717, 1.165) is 23.3 Å². The number of carbonyl (C=O) groups excluding carboxylic acids is 2. The molecule has 0 saturated carbocycles. The van der Waals surface area contributed by atoms with Crippen molar-refractivity contribution >= 4 is 22.8 Å². The van der Waals surface area contributed by atoms with Crippen LogP contribution < -0.4 is 10.6 Å². The Kier molecular flexibility index (Phi) is 6.80. The van der Waals surface area contributed by atoms with E-state index in [9.17, 15) is 9.59 Å². The van der Waals surface area contributed by atoms with Crippen molar-refractivity contribution in [3.05, 3.63) is 54.2 Å². The number of ether oxygens (including phenoxy) is 1. The molecule has 2 heterocycles. The molecule has 0 aliphatic heterocycles. The lowest BCUT2D eigenvalue weighted by Gasteiger charge is -2.10. The van der Waals surface area contributed by atoms with Crippen LogP contribution in [-0.4, -0.2) is 48.2 Å². The Labute approximate surface area is 162 Å². The molecule has 3 aromatic rings. The predicted octanol–water partition coefficient (Wildman–Crippen LogP) is 1.75. The highest BCUT2D eigenvalue weighted by molar-refractivity contribution is 5.91. The topological polar surface area (TPSA) is 98.4 Å². The highest BCUT2D eigenvalue weighted by Gasteiger charge is 2.14. The fourth-order valence-electron chi connectivity index (χ4n) is 2.92. The summed E-state index contributed by atoms with van der Waals surface area (Å²) in [6.07, 6.45) is 2.72. The first-order valence-corrected chi connectivity index (χ1v) is 9.20. The van der Waals surface area contributed by atoms with Crippen LogP contribution in [-0.2, 0) is 22.5 Å². The summed E-state index contributed by atoms with van der Waals surface area (Å²) in [6, 6.07) is 10.9. The van der Waals surface area contributed by atoms with Gasteiger partial charge in [0.1, 0.15) is 12.4 Å². The van der Waals surface area contributed by atoms with E-state index in [1.165, 1.54) is 6.26 Å². The second-order valence-corrected chi connectivity index (χ2v) is 6.28. The third-order valence-electron chi connectivity index (χ3n) is 4.26. The van der Waals surface area contributed by atoms with Crippen LogP contribution in [0.5, 0.6) is 0 Å². The molecule has 2 amide bonds.